The molecule has 0 heterocycles. The van der Waals surface area contributed by atoms with Gasteiger partial charge in [0.1, 0.15) is 5.82 Å². The van der Waals surface area contributed by atoms with Crippen LogP contribution in [0.25, 0.3) is 0 Å². The zero-order valence-corrected chi connectivity index (χ0v) is 12.1. The number of rotatable bonds is 4. The fourth-order valence-corrected chi connectivity index (χ4v) is 2.23. The number of hydrogen-bond donors (Lipinski definition) is 1. The quantitative estimate of drug-likeness (QED) is 0.908. The first kappa shape index (κ1) is 15.0. The molecular formula is C14H20FNOS. The third kappa shape index (κ3) is 5.54. The molecule has 0 saturated heterocycles. The predicted molar refractivity (Wildman–Crippen MR) is 75.1 cm³/mol. The van der Waals surface area contributed by atoms with Crippen LogP contribution in [0, 0.1) is 5.82 Å². The third-order valence-electron chi connectivity index (χ3n) is 2.26. The summed E-state index contributed by atoms with van der Waals surface area (Å²) in [6, 6.07) is 6.47. The van der Waals surface area contributed by atoms with E-state index in [0.717, 1.165) is 5.56 Å². The average Bonchev–Trinajstić information content (AvgIpc) is 2.23. The predicted octanol–water partition coefficient (Wildman–Crippen LogP) is 3.36. The lowest BCUT2D eigenvalue weighted by molar-refractivity contribution is -0.121. The fraction of sp³-hybridized carbons (Fsp3) is 0.500. The molecule has 1 aromatic carbocycles. The van der Waals surface area contributed by atoms with Crippen molar-refractivity contribution in [2.45, 2.75) is 44.2 Å². The summed E-state index contributed by atoms with van der Waals surface area (Å²) in [6.45, 7) is 7.73. The van der Waals surface area contributed by atoms with Crippen molar-refractivity contribution < 1.29 is 9.18 Å². The molecule has 1 rings (SSSR count). The van der Waals surface area contributed by atoms with Gasteiger partial charge in [0, 0.05) is 11.3 Å². The monoisotopic (exact) mass is 269 g/mol. The summed E-state index contributed by atoms with van der Waals surface area (Å²) in [4.78, 5) is 11.8. The van der Waals surface area contributed by atoms with E-state index < -0.39 is 0 Å². The van der Waals surface area contributed by atoms with E-state index in [0.29, 0.717) is 5.75 Å². The normalized spacial score (nSPS) is 13.2. The third-order valence-corrected chi connectivity index (χ3v) is 3.47. The molecule has 1 amide bonds. The van der Waals surface area contributed by atoms with E-state index in [1.54, 1.807) is 6.07 Å². The topological polar surface area (TPSA) is 29.1 Å². The number of halogens is 1. The highest BCUT2D eigenvalue weighted by molar-refractivity contribution is 7.99. The lowest BCUT2D eigenvalue weighted by Crippen LogP contribution is -2.44. The Labute approximate surface area is 112 Å². The van der Waals surface area contributed by atoms with Crippen molar-refractivity contribution in [1.82, 2.24) is 5.32 Å². The van der Waals surface area contributed by atoms with Gasteiger partial charge in [-0.15, -0.1) is 11.8 Å². The van der Waals surface area contributed by atoms with Crippen LogP contribution in [0.2, 0.25) is 0 Å². The number of carbonyl (C=O) groups excluding carboxylic acids is 1. The van der Waals surface area contributed by atoms with Crippen LogP contribution in [0.3, 0.4) is 0 Å². The van der Waals surface area contributed by atoms with Gasteiger partial charge in [-0.1, -0.05) is 12.1 Å². The van der Waals surface area contributed by atoms with Crippen molar-refractivity contribution >= 4 is 17.7 Å². The minimum Gasteiger partial charge on any atom is -0.351 e. The molecule has 0 saturated carbocycles. The van der Waals surface area contributed by atoms with Crippen LogP contribution in [-0.4, -0.2) is 16.7 Å². The molecule has 2 nitrogen and oxygen atoms in total. The maximum absolute atomic E-state index is 13.0. The Bertz CT molecular complexity index is 415. The number of hydrogen-bond acceptors (Lipinski definition) is 2. The van der Waals surface area contributed by atoms with Gasteiger partial charge in [0.15, 0.2) is 0 Å². The van der Waals surface area contributed by atoms with Gasteiger partial charge in [0.2, 0.25) is 5.91 Å². The molecule has 0 spiro atoms. The second-order valence-corrected chi connectivity index (χ2v) is 6.65. The van der Waals surface area contributed by atoms with Gasteiger partial charge >= 0.3 is 0 Å². The average molecular weight is 269 g/mol. The van der Waals surface area contributed by atoms with E-state index in [-0.39, 0.29) is 22.5 Å². The smallest absolute Gasteiger partial charge is 0.233 e. The zero-order valence-electron chi connectivity index (χ0n) is 11.3. The maximum Gasteiger partial charge on any atom is 0.233 e. The first-order valence-electron chi connectivity index (χ1n) is 5.96. The number of carbonyl (C=O) groups is 1. The second-order valence-electron chi connectivity index (χ2n) is 5.32. The van der Waals surface area contributed by atoms with Crippen LogP contribution >= 0.6 is 11.8 Å². The largest absolute Gasteiger partial charge is 0.351 e. The molecule has 1 unspecified atom stereocenters. The van der Waals surface area contributed by atoms with Gasteiger partial charge in [-0.2, -0.15) is 0 Å². The fourth-order valence-electron chi connectivity index (χ4n) is 1.39. The Morgan fingerprint density at radius 1 is 1.44 bits per heavy atom. The Kier molecular flexibility index (Phi) is 5.20. The summed E-state index contributed by atoms with van der Waals surface area (Å²) < 4.78 is 13.0. The SMILES string of the molecule is CC(SCc1cccc(F)c1)C(=O)NC(C)(C)C. The lowest BCUT2D eigenvalue weighted by Gasteiger charge is -2.23. The molecule has 0 aliphatic heterocycles. The second kappa shape index (κ2) is 6.23. The maximum atomic E-state index is 13.0. The molecule has 0 aliphatic carbocycles. The molecule has 0 fully saturated rings. The molecule has 1 N–H and O–H groups in total. The van der Waals surface area contributed by atoms with E-state index in [1.165, 1.54) is 23.9 Å². The molecule has 0 aromatic heterocycles. The number of thioether (sulfide) groups is 1. The highest BCUT2D eigenvalue weighted by Gasteiger charge is 2.19. The highest BCUT2D eigenvalue weighted by Crippen LogP contribution is 2.19. The van der Waals surface area contributed by atoms with Crippen LogP contribution in [0.5, 0.6) is 0 Å². The van der Waals surface area contributed by atoms with E-state index in [4.69, 9.17) is 0 Å². The standard InChI is InChI=1S/C14H20FNOS/c1-10(13(17)16-14(2,3)4)18-9-11-6-5-7-12(15)8-11/h5-8,10H,9H2,1-4H3,(H,16,17). The molecule has 0 aliphatic rings. The first-order chi connectivity index (χ1) is 8.28. The summed E-state index contributed by atoms with van der Waals surface area (Å²) in [5.41, 5.74) is 0.681. The first-order valence-corrected chi connectivity index (χ1v) is 7.01. The molecule has 18 heavy (non-hydrogen) atoms. The minimum atomic E-state index is -0.236. The molecule has 1 aromatic rings. The van der Waals surface area contributed by atoms with Crippen molar-refractivity contribution in [2.24, 2.45) is 0 Å². The molecule has 0 bridgehead atoms. The van der Waals surface area contributed by atoms with Gasteiger partial charge in [0.05, 0.1) is 5.25 Å². The van der Waals surface area contributed by atoms with Crippen LogP contribution in [0.1, 0.15) is 33.3 Å². The Hall–Kier alpha value is -1.03. The van der Waals surface area contributed by atoms with E-state index >= 15 is 0 Å². The van der Waals surface area contributed by atoms with E-state index in [9.17, 15) is 9.18 Å². The zero-order chi connectivity index (χ0) is 13.8. The van der Waals surface area contributed by atoms with Gasteiger partial charge < -0.3 is 5.32 Å². The summed E-state index contributed by atoms with van der Waals surface area (Å²) in [5, 5.41) is 2.79. The summed E-state index contributed by atoms with van der Waals surface area (Å²) in [6.07, 6.45) is 0. The number of nitrogens with one attached hydrogen (secondary N) is 1. The van der Waals surface area contributed by atoms with Gasteiger partial charge in [-0.05, 0) is 45.4 Å². The highest BCUT2D eigenvalue weighted by atomic mass is 32.2. The molecule has 4 heteroatoms. The van der Waals surface area contributed by atoms with Crippen LogP contribution in [0.4, 0.5) is 4.39 Å². The van der Waals surface area contributed by atoms with Crippen molar-refractivity contribution in [1.29, 1.82) is 0 Å². The Morgan fingerprint density at radius 3 is 2.67 bits per heavy atom. The van der Waals surface area contributed by atoms with Gasteiger partial charge in [-0.25, -0.2) is 4.39 Å². The Morgan fingerprint density at radius 2 is 2.11 bits per heavy atom. The van der Waals surface area contributed by atoms with Gasteiger partial charge in [0.25, 0.3) is 0 Å². The lowest BCUT2D eigenvalue weighted by atomic mass is 10.1. The van der Waals surface area contributed by atoms with Crippen LogP contribution in [0.15, 0.2) is 24.3 Å². The summed E-state index contributed by atoms with van der Waals surface area (Å²) in [7, 11) is 0. The molecule has 100 valence electrons. The van der Waals surface area contributed by atoms with E-state index in [2.05, 4.69) is 5.32 Å². The molecular weight excluding hydrogens is 249 g/mol. The van der Waals surface area contributed by atoms with E-state index in [1.807, 2.05) is 33.8 Å². The Balaban J connectivity index is 2.46. The molecule has 0 radical (unpaired) electrons. The van der Waals surface area contributed by atoms with Crippen molar-refractivity contribution in [3.63, 3.8) is 0 Å². The summed E-state index contributed by atoms with van der Waals surface area (Å²) in [5.74, 6) is 0.417. The number of benzene rings is 1. The van der Waals surface area contributed by atoms with Gasteiger partial charge in [-0.3, -0.25) is 4.79 Å². The minimum absolute atomic E-state index is 0.0175. The van der Waals surface area contributed by atoms with Crippen molar-refractivity contribution in [3.8, 4) is 0 Å². The van der Waals surface area contributed by atoms with Crippen molar-refractivity contribution in [3.05, 3.63) is 35.6 Å². The summed E-state index contributed by atoms with van der Waals surface area (Å²) >= 11 is 1.51. The van der Waals surface area contributed by atoms with Crippen LogP contribution in [-0.2, 0) is 10.5 Å². The number of amides is 1. The molecule has 1 atom stereocenters. The van der Waals surface area contributed by atoms with Crippen LogP contribution < -0.4 is 5.32 Å². The van der Waals surface area contributed by atoms with Crippen molar-refractivity contribution in [2.75, 3.05) is 0 Å².